The van der Waals surface area contributed by atoms with Crippen molar-refractivity contribution < 1.29 is 9.47 Å². The van der Waals surface area contributed by atoms with Crippen LogP contribution in [0.1, 0.15) is 34.5 Å². The van der Waals surface area contributed by atoms with Crippen molar-refractivity contribution in [1.29, 1.82) is 5.26 Å². The molecule has 0 aliphatic carbocycles. The third-order valence-corrected chi connectivity index (χ3v) is 5.16. The zero-order valence-electron chi connectivity index (χ0n) is 16.5. The Labute approximate surface area is 165 Å². The zero-order chi connectivity index (χ0) is 19.7. The number of rotatable bonds is 3. The molecule has 1 aliphatic heterocycles. The van der Waals surface area contributed by atoms with Crippen LogP contribution in [0, 0.1) is 32.1 Å². The molecule has 5 nitrogen and oxygen atoms in total. The first kappa shape index (κ1) is 18.1. The highest BCUT2D eigenvalue weighted by Crippen LogP contribution is 2.32. The highest BCUT2D eigenvalue weighted by Gasteiger charge is 2.16. The van der Waals surface area contributed by atoms with Gasteiger partial charge in [-0.3, -0.25) is 4.68 Å². The maximum absolute atomic E-state index is 9.17. The number of nitrogens with zero attached hydrogens (tertiary/aromatic N) is 3. The third-order valence-electron chi connectivity index (χ3n) is 5.16. The summed E-state index contributed by atoms with van der Waals surface area (Å²) >= 11 is 0. The predicted octanol–water partition coefficient (Wildman–Crippen LogP) is 4.56. The zero-order valence-corrected chi connectivity index (χ0v) is 16.5. The fraction of sp³-hybridized carbons (Fsp3) is 0.304. The molecule has 2 aromatic carbocycles. The quantitative estimate of drug-likeness (QED) is 0.675. The Morgan fingerprint density at radius 3 is 2.57 bits per heavy atom. The van der Waals surface area contributed by atoms with Crippen LogP contribution in [0.15, 0.2) is 36.4 Å². The fourth-order valence-corrected chi connectivity index (χ4v) is 3.69. The topological polar surface area (TPSA) is 60.1 Å². The van der Waals surface area contributed by atoms with Gasteiger partial charge in [0.25, 0.3) is 0 Å². The second-order valence-corrected chi connectivity index (χ2v) is 7.18. The number of benzene rings is 2. The van der Waals surface area contributed by atoms with Crippen molar-refractivity contribution in [2.24, 2.45) is 0 Å². The minimum Gasteiger partial charge on any atom is -0.490 e. The van der Waals surface area contributed by atoms with E-state index < -0.39 is 0 Å². The van der Waals surface area contributed by atoms with E-state index in [4.69, 9.17) is 14.6 Å². The molecule has 0 spiro atoms. The summed E-state index contributed by atoms with van der Waals surface area (Å²) in [6.07, 6.45) is 0.898. The Kier molecular flexibility index (Phi) is 4.79. The van der Waals surface area contributed by atoms with Crippen LogP contribution >= 0.6 is 0 Å². The summed E-state index contributed by atoms with van der Waals surface area (Å²) in [5.74, 6) is 1.61. The van der Waals surface area contributed by atoms with E-state index in [2.05, 4.69) is 25.1 Å². The number of ether oxygens (including phenoxy) is 2. The van der Waals surface area contributed by atoms with Crippen molar-refractivity contribution in [3.63, 3.8) is 0 Å². The van der Waals surface area contributed by atoms with Gasteiger partial charge in [0, 0.05) is 17.7 Å². The number of aryl methyl sites for hydroxylation is 2. The van der Waals surface area contributed by atoms with E-state index in [0.29, 0.717) is 25.3 Å². The number of fused-ring (bicyclic) bond motifs is 1. The van der Waals surface area contributed by atoms with E-state index >= 15 is 0 Å². The standard InChI is InChI=1S/C23H23N3O2/c1-15-11-19(6-7-20(15)13-24)23-16(2)25-26(17(23)3)14-18-5-8-21-22(12-18)28-10-4-9-27-21/h5-8,11-12H,4,9-10,14H2,1-3H3. The SMILES string of the molecule is Cc1cc(-c2c(C)nn(Cc3ccc4c(c3)OCCCO4)c2C)ccc1C#N. The van der Waals surface area contributed by atoms with E-state index in [1.54, 1.807) is 0 Å². The minimum atomic E-state index is 0.665. The Morgan fingerprint density at radius 1 is 1.04 bits per heavy atom. The molecule has 0 unspecified atom stereocenters. The number of hydrogen-bond acceptors (Lipinski definition) is 4. The summed E-state index contributed by atoms with van der Waals surface area (Å²) in [5, 5.41) is 13.9. The van der Waals surface area contributed by atoms with Crippen LogP contribution < -0.4 is 9.47 Å². The largest absolute Gasteiger partial charge is 0.490 e. The van der Waals surface area contributed by atoms with Crippen molar-refractivity contribution in [3.05, 3.63) is 64.5 Å². The molecule has 1 aliphatic rings. The van der Waals surface area contributed by atoms with Gasteiger partial charge in [-0.15, -0.1) is 0 Å². The van der Waals surface area contributed by atoms with Gasteiger partial charge in [0.05, 0.1) is 37.1 Å². The van der Waals surface area contributed by atoms with Gasteiger partial charge in [-0.25, -0.2) is 0 Å². The summed E-state index contributed by atoms with van der Waals surface area (Å²) in [7, 11) is 0. The molecule has 3 aromatic rings. The van der Waals surface area contributed by atoms with Crippen molar-refractivity contribution in [1.82, 2.24) is 9.78 Å². The molecule has 0 fully saturated rings. The van der Waals surface area contributed by atoms with Crippen LogP contribution in [0.25, 0.3) is 11.1 Å². The molecule has 0 radical (unpaired) electrons. The smallest absolute Gasteiger partial charge is 0.161 e. The van der Waals surface area contributed by atoms with Crippen LogP contribution in [0.5, 0.6) is 11.5 Å². The van der Waals surface area contributed by atoms with Gasteiger partial charge >= 0.3 is 0 Å². The maximum Gasteiger partial charge on any atom is 0.161 e. The Bertz CT molecular complexity index is 1080. The first-order valence-electron chi connectivity index (χ1n) is 9.50. The van der Waals surface area contributed by atoms with Gasteiger partial charge in [-0.2, -0.15) is 10.4 Å². The van der Waals surface area contributed by atoms with E-state index in [0.717, 1.165) is 51.6 Å². The first-order valence-corrected chi connectivity index (χ1v) is 9.50. The molecule has 0 N–H and O–H groups in total. The molecule has 0 saturated heterocycles. The second-order valence-electron chi connectivity index (χ2n) is 7.18. The van der Waals surface area contributed by atoms with Gasteiger partial charge < -0.3 is 9.47 Å². The molecule has 28 heavy (non-hydrogen) atoms. The lowest BCUT2D eigenvalue weighted by molar-refractivity contribution is 0.297. The van der Waals surface area contributed by atoms with Gasteiger partial charge in [-0.05, 0) is 61.7 Å². The van der Waals surface area contributed by atoms with E-state index in [1.165, 1.54) is 0 Å². The maximum atomic E-state index is 9.17. The summed E-state index contributed by atoms with van der Waals surface area (Å²) < 4.78 is 13.6. The van der Waals surface area contributed by atoms with Crippen LogP contribution in [0.3, 0.4) is 0 Å². The molecule has 5 heteroatoms. The van der Waals surface area contributed by atoms with Gasteiger partial charge in [0.2, 0.25) is 0 Å². The summed E-state index contributed by atoms with van der Waals surface area (Å²) in [6.45, 7) is 8.12. The normalized spacial score (nSPS) is 13.1. The third kappa shape index (κ3) is 3.34. The lowest BCUT2D eigenvalue weighted by atomic mass is 9.99. The van der Waals surface area contributed by atoms with E-state index in [9.17, 15) is 5.26 Å². The molecular weight excluding hydrogens is 350 g/mol. The molecular formula is C23H23N3O2. The molecule has 2 heterocycles. The lowest BCUT2D eigenvalue weighted by Gasteiger charge is -2.11. The van der Waals surface area contributed by atoms with E-state index in [-0.39, 0.29) is 0 Å². The second kappa shape index (κ2) is 7.40. The van der Waals surface area contributed by atoms with Gasteiger partial charge in [0.15, 0.2) is 11.5 Å². The first-order chi connectivity index (χ1) is 13.6. The van der Waals surface area contributed by atoms with E-state index in [1.807, 2.05) is 42.8 Å². The summed E-state index contributed by atoms with van der Waals surface area (Å²) in [6, 6.07) is 14.3. The van der Waals surface area contributed by atoms with Crippen molar-refractivity contribution in [2.75, 3.05) is 13.2 Å². The van der Waals surface area contributed by atoms with Crippen LogP contribution in [-0.2, 0) is 6.54 Å². The van der Waals surface area contributed by atoms with Gasteiger partial charge in [0.1, 0.15) is 0 Å². The molecule has 4 rings (SSSR count). The van der Waals surface area contributed by atoms with Crippen molar-refractivity contribution >= 4 is 0 Å². The Hall–Kier alpha value is -3.26. The van der Waals surface area contributed by atoms with Crippen LogP contribution in [0.2, 0.25) is 0 Å². The minimum absolute atomic E-state index is 0.665. The molecule has 0 amide bonds. The average molecular weight is 373 g/mol. The molecule has 0 saturated carbocycles. The molecule has 142 valence electrons. The van der Waals surface area contributed by atoms with Gasteiger partial charge in [-0.1, -0.05) is 12.1 Å². The molecule has 0 atom stereocenters. The highest BCUT2D eigenvalue weighted by molar-refractivity contribution is 5.70. The lowest BCUT2D eigenvalue weighted by Crippen LogP contribution is -2.04. The van der Waals surface area contributed by atoms with Crippen LogP contribution in [-0.4, -0.2) is 23.0 Å². The Balaban J connectivity index is 1.66. The summed E-state index contributed by atoms with van der Waals surface area (Å²) in [4.78, 5) is 0. The monoisotopic (exact) mass is 373 g/mol. The highest BCUT2D eigenvalue weighted by atomic mass is 16.5. The van der Waals surface area contributed by atoms with Crippen molar-refractivity contribution in [3.8, 4) is 28.7 Å². The van der Waals surface area contributed by atoms with Crippen LogP contribution in [0.4, 0.5) is 0 Å². The number of nitriles is 1. The summed E-state index contributed by atoms with van der Waals surface area (Å²) in [5.41, 5.74) is 7.12. The Morgan fingerprint density at radius 2 is 1.82 bits per heavy atom. The molecule has 0 bridgehead atoms. The average Bonchev–Trinajstić information content (AvgIpc) is 2.85. The molecule has 1 aromatic heterocycles. The van der Waals surface area contributed by atoms with Crippen molar-refractivity contribution in [2.45, 2.75) is 33.7 Å². The fourth-order valence-electron chi connectivity index (χ4n) is 3.69. The number of aromatic nitrogens is 2. The number of hydrogen-bond donors (Lipinski definition) is 0. The predicted molar refractivity (Wildman–Crippen MR) is 108 cm³/mol.